The average Bonchev–Trinajstić information content (AvgIpc) is 2.31. The molecule has 0 aromatic rings. The first kappa shape index (κ1) is 17.4. The second-order valence-electron chi connectivity index (χ2n) is 4.42. The molecule has 0 rings (SSSR count). The SMILES string of the molecule is CCN(CC(=O)NC(C)C)C(=O)CO[C@H](C)C(=O)O. The van der Waals surface area contributed by atoms with Crippen molar-refractivity contribution in [1.29, 1.82) is 0 Å². The van der Waals surface area contributed by atoms with E-state index in [1.807, 2.05) is 13.8 Å². The van der Waals surface area contributed by atoms with E-state index in [0.29, 0.717) is 6.54 Å². The van der Waals surface area contributed by atoms with Crippen molar-refractivity contribution in [2.75, 3.05) is 19.7 Å². The number of nitrogens with one attached hydrogen (secondary N) is 1. The Kier molecular flexibility index (Phi) is 7.74. The summed E-state index contributed by atoms with van der Waals surface area (Å²) in [6, 6.07) is 0.00425. The zero-order chi connectivity index (χ0) is 15.0. The highest BCUT2D eigenvalue weighted by Gasteiger charge is 2.19. The highest BCUT2D eigenvalue weighted by molar-refractivity contribution is 5.85. The summed E-state index contributed by atoms with van der Waals surface area (Å²) >= 11 is 0. The number of carbonyl (C=O) groups is 3. The molecule has 0 aromatic carbocycles. The number of ether oxygens (including phenoxy) is 1. The van der Waals surface area contributed by atoms with Gasteiger partial charge in [0.1, 0.15) is 6.61 Å². The highest BCUT2D eigenvalue weighted by Crippen LogP contribution is 1.96. The van der Waals surface area contributed by atoms with Crippen LogP contribution in [-0.4, -0.2) is 59.6 Å². The molecule has 2 amide bonds. The molecule has 0 aliphatic rings. The fourth-order valence-corrected chi connectivity index (χ4v) is 1.28. The Morgan fingerprint density at radius 3 is 2.26 bits per heavy atom. The minimum absolute atomic E-state index is 0.00425. The first-order valence-electron chi connectivity index (χ1n) is 6.19. The van der Waals surface area contributed by atoms with E-state index in [1.54, 1.807) is 6.92 Å². The normalized spacial score (nSPS) is 12.1. The summed E-state index contributed by atoms with van der Waals surface area (Å²) in [5, 5.41) is 11.3. The Morgan fingerprint density at radius 1 is 1.26 bits per heavy atom. The number of nitrogens with zero attached hydrogens (tertiary/aromatic N) is 1. The lowest BCUT2D eigenvalue weighted by Crippen LogP contribution is -2.44. The summed E-state index contributed by atoms with van der Waals surface area (Å²) in [4.78, 5) is 35.1. The van der Waals surface area contributed by atoms with Gasteiger partial charge in [0.15, 0.2) is 6.10 Å². The molecule has 0 spiro atoms. The predicted molar refractivity (Wildman–Crippen MR) is 68.6 cm³/mol. The van der Waals surface area contributed by atoms with Crippen LogP contribution in [0.2, 0.25) is 0 Å². The molecule has 110 valence electrons. The van der Waals surface area contributed by atoms with Crippen LogP contribution in [-0.2, 0) is 19.1 Å². The number of hydrogen-bond acceptors (Lipinski definition) is 4. The molecule has 0 saturated heterocycles. The highest BCUT2D eigenvalue weighted by atomic mass is 16.5. The molecule has 0 radical (unpaired) electrons. The van der Waals surface area contributed by atoms with Gasteiger partial charge in [-0.15, -0.1) is 0 Å². The number of carbonyl (C=O) groups excluding carboxylic acids is 2. The van der Waals surface area contributed by atoms with Gasteiger partial charge >= 0.3 is 5.97 Å². The largest absolute Gasteiger partial charge is 0.479 e. The van der Waals surface area contributed by atoms with Gasteiger partial charge in [0.2, 0.25) is 11.8 Å². The van der Waals surface area contributed by atoms with E-state index in [9.17, 15) is 14.4 Å². The summed E-state index contributed by atoms with van der Waals surface area (Å²) in [6.07, 6.45) is -1.05. The molecule has 7 nitrogen and oxygen atoms in total. The Bertz CT molecular complexity index is 330. The molecule has 0 heterocycles. The van der Waals surface area contributed by atoms with Gasteiger partial charge in [-0.3, -0.25) is 9.59 Å². The van der Waals surface area contributed by atoms with Gasteiger partial charge in [0.25, 0.3) is 0 Å². The summed E-state index contributed by atoms with van der Waals surface area (Å²) in [7, 11) is 0. The van der Waals surface area contributed by atoms with Crippen molar-refractivity contribution in [3.63, 3.8) is 0 Å². The third kappa shape index (κ3) is 7.40. The lowest BCUT2D eigenvalue weighted by Gasteiger charge is -2.21. The van der Waals surface area contributed by atoms with Crippen molar-refractivity contribution in [1.82, 2.24) is 10.2 Å². The van der Waals surface area contributed by atoms with Gasteiger partial charge in [-0.05, 0) is 27.7 Å². The quantitative estimate of drug-likeness (QED) is 0.641. The average molecular weight is 274 g/mol. The monoisotopic (exact) mass is 274 g/mol. The molecular weight excluding hydrogens is 252 g/mol. The van der Waals surface area contributed by atoms with E-state index in [-0.39, 0.29) is 25.1 Å². The van der Waals surface area contributed by atoms with Crippen LogP contribution in [0.3, 0.4) is 0 Å². The fraction of sp³-hybridized carbons (Fsp3) is 0.750. The molecule has 0 bridgehead atoms. The Morgan fingerprint density at radius 2 is 1.84 bits per heavy atom. The van der Waals surface area contributed by atoms with E-state index in [0.717, 1.165) is 0 Å². The van der Waals surface area contributed by atoms with Crippen LogP contribution in [0, 0.1) is 0 Å². The van der Waals surface area contributed by atoms with Crippen molar-refractivity contribution >= 4 is 17.8 Å². The maximum absolute atomic E-state index is 11.8. The van der Waals surface area contributed by atoms with Crippen molar-refractivity contribution in [2.24, 2.45) is 0 Å². The predicted octanol–water partition coefficient (Wildman–Crippen LogP) is -0.151. The number of amides is 2. The molecule has 0 unspecified atom stereocenters. The van der Waals surface area contributed by atoms with Crippen LogP contribution >= 0.6 is 0 Å². The zero-order valence-electron chi connectivity index (χ0n) is 11.8. The summed E-state index contributed by atoms with van der Waals surface area (Å²) in [5.74, 6) is -1.79. The Labute approximate surface area is 112 Å². The molecule has 1 atom stereocenters. The Balaban J connectivity index is 4.25. The van der Waals surface area contributed by atoms with E-state index >= 15 is 0 Å². The number of carboxylic acids is 1. The molecule has 2 N–H and O–H groups in total. The van der Waals surface area contributed by atoms with Gasteiger partial charge in [0, 0.05) is 12.6 Å². The minimum atomic E-state index is -1.13. The van der Waals surface area contributed by atoms with E-state index in [1.165, 1.54) is 11.8 Å². The van der Waals surface area contributed by atoms with Gasteiger partial charge < -0.3 is 20.1 Å². The number of likely N-dealkylation sites (N-methyl/N-ethyl adjacent to an activating group) is 1. The molecule has 19 heavy (non-hydrogen) atoms. The van der Waals surface area contributed by atoms with Gasteiger partial charge in [-0.1, -0.05) is 0 Å². The number of carboxylic acid groups (broad SMARTS) is 1. The fourth-order valence-electron chi connectivity index (χ4n) is 1.28. The molecule has 0 aliphatic heterocycles. The molecule has 0 aromatic heterocycles. The van der Waals surface area contributed by atoms with E-state index in [2.05, 4.69) is 5.32 Å². The van der Waals surface area contributed by atoms with Crippen LogP contribution in [0.25, 0.3) is 0 Å². The first-order valence-corrected chi connectivity index (χ1v) is 6.19. The van der Waals surface area contributed by atoms with Crippen LogP contribution in [0.1, 0.15) is 27.7 Å². The second kappa shape index (κ2) is 8.47. The lowest BCUT2D eigenvalue weighted by molar-refractivity contribution is -0.153. The maximum Gasteiger partial charge on any atom is 0.332 e. The van der Waals surface area contributed by atoms with Crippen LogP contribution in [0.15, 0.2) is 0 Å². The third-order valence-electron chi connectivity index (χ3n) is 2.32. The molecule has 0 saturated carbocycles. The zero-order valence-corrected chi connectivity index (χ0v) is 11.8. The molecular formula is C12H22N2O5. The van der Waals surface area contributed by atoms with Crippen molar-refractivity contribution < 1.29 is 24.2 Å². The van der Waals surface area contributed by atoms with Gasteiger partial charge in [-0.2, -0.15) is 0 Å². The van der Waals surface area contributed by atoms with Crippen LogP contribution in [0.4, 0.5) is 0 Å². The van der Waals surface area contributed by atoms with Crippen LogP contribution < -0.4 is 5.32 Å². The molecule has 0 aliphatic carbocycles. The number of hydrogen-bond donors (Lipinski definition) is 2. The van der Waals surface area contributed by atoms with Crippen molar-refractivity contribution in [3.8, 4) is 0 Å². The minimum Gasteiger partial charge on any atom is -0.479 e. The third-order valence-corrected chi connectivity index (χ3v) is 2.32. The summed E-state index contributed by atoms with van der Waals surface area (Å²) in [6.45, 7) is 6.68. The summed E-state index contributed by atoms with van der Waals surface area (Å²) < 4.78 is 4.89. The summed E-state index contributed by atoms with van der Waals surface area (Å²) in [5.41, 5.74) is 0. The lowest BCUT2D eigenvalue weighted by atomic mass is 10.3. The van der Waals surface area contributed by atoms with Gasteiger partial charge in [-0.25, -0.2) is 4.79 Å². The number of aliphatic carboxylic acids is 1. The molecule has 7 heteroatoms. The van der Waals surface area contributed by atoms with E-state index < -0.39 is 18.0 Å². The van der Waals surface area contributed by atoms with Gasteiger partial charge in [0.05, 0.1) is 6.54 Å². The Hall–Kier alpha value is -1.63. The number of rotatable bonds is 8. The standard InChI is InChI=1S/C12H22N2O5/c1-5-14(6-10(15)13-8(2)3)11(16)7-19-9(4)12(17)18/h8-9H,5-7H2,1-4H3,(H,13,15)(H,17,18)/t9-/m1/s1. The van der Waals surface area contributed by atoms with E-state index in [4.69, 9.17) is 9.84 Å². The van der Waals surface area contributed by atoms with Crippen molar-refractivity contribution in [2.45, 2.75) is 39.8 Å². The maximum atomic E-state index is 11.8. The topological polar surface area (TPSA) is 95.9 Å². The first-order chi connectivity index (χ1) is 8.77. The van der Waals surface area contributed by atoms with Crippen LogP contribution in [0.5, 0.6) is 0 Å². The van der Waals surface area contributed by atoms with Crippen molar-refractivity contribution in [3.05, 3.63) is 0 Å². The molecule has 0 fully saturated rings. The second-order valence-corrected chi connectivity index (χ2v) is 4.42. The smallest absolute Gasteiger partial charge is 0.332 e.